The molecule has 13 heavy (non-hydrogen) atoms. The van der Waals surface area contributed by atoms with Crippen LogP contribution in [0.15, 0.2) is 6.20 Å². The van der Waals surface area contributed by atoms with Gasteiger partial charge in [-0.05, 0) is 13.8 Å². The van der Waals surface area contributed by atoms with E-state index in [0.717, 1.165) is 0 Å². The van der Waals surface area contributed by atoms with Crippen molar-refractivity contribution in [2.75, 3.05) is 6.61 Å². The number of carboxylic acids is 1. The van der Waals surface area contributed by atoms with Gasteiger partial charge in [0, 0.05) is 6.20 Å². The highest BCUT2D eigenvalue weighted by Crippen LogP contribution is 2.12. The molecule has 5 nitrogen and oxygen atoms in total. The molecule has 0 radical (unpaired) electrons. The van der Waals surface area contributed by atoms with Crippen LogP contribution >= 0.6 is 0 Å². The highest BCUT2D eigenvalue weighted by Gasteiger charge is 2.14. The van der Waals surface area contributed by atoms with Crippen molar-refractivity contribution in [2.45, 2.75) is 13.8 Å². The number of hydrogen-bond donors (Lipinski definition) is 1. The van der Waals surface area contributed by atoms with E-state index in [1.54, 1.807) is 13.8 Å². The second-order valence-corrected chi connectivity index (χ2v) is 2.40. The van der Waals surface area contributed by atoms with Gasteiger partial charge in [-0.2, -0.15) is 0 Å². The zero-order valence-corrected chi connectivity index (χ0v) is 7.44. The lowest BCUT2D eigenvalue weighted by Crippen LogP contribution is -2.08. The van der Waals surface area contributed by atoms with Gasteiger partial charge in [0.15, 0.2) is 0 Å². The highest BCUT2D eigenvalue weighted by atomic mass is 16.5. The summed E-state index contributed by atoms with van der Waals surface area (Å²) < 4.78 is 5.02. The maximum absolute atomic E-state index is 10.6. The van der Waals surface area contributed by atoms with Crippen LogP contribution in [0.4, 0.5) is 0 Å². The molecular formula is C8H10N2O3. The first-order valence-electron chi connectivity index (χ1n) is 3.85. The summed E-state index contributed by atoms with van der Waals surface area (Å²) in [4.78, 5) is 18.3. The Hall–Kier alpha value is -1.65. The Morgan fingerprint density at radius 2 is 2.38 bits per heavy atom. The molecule has 1 rings (SSSR count). The summed E-state index contributed by atoms with van der Waals surface area (Å²) in [6.45, 7) is 3.86. The van der Waals surface area contributed by atoms with E-state index in [-0.39, 0.29) is 11.6 Å². The molecule has 0 unspecified atom stereocenters. The lowest BCUT2D eigenvalue weighted by molar-refractivity contribution is 0.0684. The summed E-state index contributed by atoms with van der Waals surface area (Å²) in [5.74, 6) is -1.05. The van der Waals surface area contributed by atoms with Gasteiger partial charge in [-0.1, -0.05) is 0 Å². The van der Waals surface area contributed by atoms with E-state index in [4.69, 9.17) is 9.84 Å². The van der Waals surface area contributed by atoms with E-state index in [2.05, 4.69) is 9.97 Å². The fourth-order valence-corrected chi connectivity index (χ4v) is 0.839. The highest BCUT2D eigenvalue weighted by molar-refractivity contribution is 5.87. The van der Waals surface area contributed by atoms with E-state index >= 15 is 0 Å². The van der Waals surface area contributed by atoms with Crippen molar-refractivity contribution in [1.29, 1.82) is 0 Å². The molecule has 1 N–H and O–H groups in total. The number of carbonyl (C=O) groups is 1. The average molecular weight is 182 g/mol. The first kappa shape index (κ1) is 9.44. The van der Waals surface area contributed by atoms with Crippen molar-refractivity contribution < 1.29 is 14.6 Å². The molecule has 0 bridgehead atoms. The van der Waals surface area contributed by atoms with Crippen molar-refractivity contribution in [1.82, 2.24) is 9.97 Å². The monoisotopic (exact) mass is 182 g/mol. The summed E-state index contributed by atoms with van der Waals surface area (Å²) in [6.07, 6.45) is 1.39. The minimum atomic E-state index is -1.13. The third-order valence-electron chi connectivity index (χ3n) is 1.34. The number of aromatic carboxylic acids is 1. The average Bonchev–Trinajstić information content (AvgIpc) is 2.04. The first-order valence-corrected chi connectivity index (χ1v) is 3.85. The third-order valence-corrected chi connectivity index (χ3v) is 1.34. The molecule has 0 aromatic carbocycles. The first-order chi connectivity index (χ1) is 6.15. The Morgan fingerprint density at radius 3 is 2.92 bits per heavy atom. The second-order valence-electron chi connectivity index (χ2n) is 2.40. The van der Waals surface area contributed by atoms with E-state index in [1.807, 2.05) is 0 Å². The molecule has 0 saturated carbocycles. The predicted octanol–water partition coefficient (Wildman–Crippen LogP) is 0.882. The standard InChI is InChI=1S/C8H10N2O3/c1-3-13-7-6(8(11)12)9-4-5(2)10-7/h4H,3H2,1-2H3,(H,11,12). The molecule has 1 aromatic rings. The molecule has 0 aliphatic heterocycles. The van der Waals surface area contributed by atoms with Crippen LogP contribution in [-0.4, -0.2) is 27.7 Å². The molecule has 0 saturated heterocycles. The molecule has 0 spiro atoms. The number of aromatic nitrogens is 2. The van der Waals surface area contributed by atoms with Crippen LogP contribution in [0.1, 0.15) is 23.1 Å². The van der Waals surface area contributed by atoms with Gasteiger partial charge in [0.25, 0.3) is 0 Å². The molecule has 5 heteroatoms. The van der Waals surface area contributed by atoms with Gasteiger partial charge in [-0.3, -0.25) is 0 Å². The molecule has 70 valence electrons. The van der Waals surface area contributed by atoms with Gasteiger partial charge < -0.3 is 9.84 Å². The number of rotatable bonds is 3. The molecule has 0 fully saturated rings. The van der Waals surface area contributed by atoms with Crippen molar-refractivity contribution in [3.8, 4) is 5.88 Å². The van der Waals surface area contributed by atoms with Gasteiger partial charge in [0.2, 0.25) is 11.6 Å². The van der Waals surface area contributed by atoms with Crippen molar-refractivity contribution >= 4 is 5.97 Å². The van der Waals surface area contributed by atoms with Crippen LogP contribution in [0.5, 0.6) is 5.88 Å². The minimum absolute atomic E-state index is 0.0787. The molecule has 1 aromatic heterocycles. The Bertz CT molecular complexity index is 325. The maximum atomic E-state index is 10.6. The second kappa shape index (κ2) is 3.84. The SMILES string of the molecule is CCOc1nc(C)cnc1C(=O)O. The smallest absolute Gasteiger partial charge is 0.360 e. The maximum Gasteiger partial charge on any atom is 0.360 e. The molecule has 0 atom stereocenters. The number of nitrogens with zero attached hydrogens (tertiary/aromatic N) is 2. The largest absolute Gasteiger partial charge is 0.476 e. The normalized spacial score (nSPS) is 9.69. The van der Waals surface area contributed by atoms with Crippen LogP contribution in [0.3, 0.4) is 0 Å². The lowest BCUT2D eigenvalue weighted by atomic mass is 10.4. The molecule has 0 aliphatic rings. The quantitative estimate of drug-likeness (QED) is 0.751. The summed E-state index contributed by atoms with van der Waals surface area (Å²) in [7, 11) is 0. The van der Waals surface area contributed by atoms with E-state index < -0.39 is 5.97 Å². The zero-order valence-electron chi connectivity index (χ0n) is 7.44. The minimum Gasteiger partial charge on any atom is -0.476 e. The topological polar surface area (TPSA) is 72.3 Å². The van der Waals surface area contributed by atoms with Gasteiger partial charge in [0.1, 0.15) is 0 Å². The number of hydrogen-bond acceptors (Lipinski definition) is 4. The van der Waals surface area contributed by atoms with E-state index in [9.17, 15) is 4.79 Å². The van der Waals surface area contributed by atoms with Gasteiger partial charge >= 0.3 is 5.97 Å². The molecule has 0 aliphatic carbocycles. The van der Waals surface area contributed by atoms with Crippen molar-refractivity contribution in [3.63, 3.8) is 0 Å². The fraction of sp³-hybridized carbons (Fsp3) is 0.375. The van der Waals surface area contributed by atoms with Crippen molar-refractivity contribution in [2.24, 2.45) is 0 Å². The summed E-state index contributed by atoms with van der Waals surface area (Å²) in [5, 5.41) is 8.70. The summed E-state index contributed by atoms with van der Waals surface area (Å²) in [6, 6.07) is 0. The zero-order chi connectivity index (χ0) is 9.84. The Balaban J connectivity index is 3.10. The van der Waals surface area contributed by atoms with E-state index in [1.165, 1.54) is 6.20 Å². The van der Waals surface area contributed by atoms with Gasteiger partial charge in [0.05, 0.1) is 12.3 Å². The predicted molar refractivity (Wildman–Crippen MR) is 44.9 cm³/mol. The summed E-state index contributed by atoms with van der Waals surface area (Å²) in [5.41, 5.74) is 0.487. The Morgan fingerprint density at radius 1 is 1.69 bits per heavy atom. The number of aryl methyl sites for hydroxylation is 1. The lowest BCUT2D eigenvalue weighted by Gasteiger charge is -2.04. The molecular weight excluding hydrogens is 172 g/mol. The Kier molecular flexibility index (Phi) is 2.79. The van der Waals surface area contributed by atoms with Gasteiger partial charge in [-0.25, -0.2) is 14.8 Å². The molecule has 0 amide bonds. The van der Waals surface area contributed by atoms with Gasteiger partial charge in [-0.15, -0.1) is 0 Å². The van der Waals surface area contributed by atoms with Crippen LogP contribution in [0.25, 0.3) is 0 Å². The van der Waals surface area contributed by atoms with Crippen LogP contribution in [-0.2, 0) is 0 Å². The molecule has 1 heterocycles. The number of ether oxygens (including phenoxy) is 1. The van der Waals surface area contributed by atoms with Crippen LogP contribution < -0.4 is 4.74 Å². The number of carboxylic acid groups (broad SMARTS) is 1. The van der Waals surface area contributed by atoms with Crippen LogP contribution in [0.2, 0.25) is 0 Å². The third kappa shape index (κ3) is 2.14. The van der Waals surface area contributed by atoms with Crippen molar-refractivity contribution in [3.05, 3.63) is 17.6 Å². The van der Waals surface area contributed by atoms with Crippen LogP contribution in [0, 0.1) is 6.92 Å². The summed E-state index contributed by atoms with van der Waals surface area (Å²) >= 11 is 0. The fourth-order valence-electron chi connectivity index (χ4n) is 0.839. The van der Waals surface area contributed by atoms with E-state index in [0.29, 0.717) is 12.3 Å². The Labute approximate surface area is 75.4 Å².